The molecule has 1 N–H and O–H groups in total. The van der Waals surface area contributed by atoms with Gasteiger partial charge in [-0.1, -0.05) is 0 Å². The molecule has 1 aliphatic heterocycles. The lowest BCUT2D eigenvalue weighted by Crippen LogP contribution is -2.40. The molecule has 1 heterocycles. The molecule has 0 spiro atoms. The standard InChI is InChI=1S/C13H18N2O5S/c1-10(16)11-6-8-14(9-7-11)21(19,20)13-4-2-12(3-5-13)15(17)18/h2-5,10-11,16H,6-9H2,1H3. The number of nitro groups is 1. The molecule has 1 aliphatic rings. The molecule has 21 heavy (non-hydrogen) atoms. The number of sulfonamides is 1. The van der Waals surface area contributed by atoms with Crippen molar-refractivity contribution in [3.63, 3.8) is 0 Å². The molecule has 1 atom stereocenters. The fraction of sp³-hybridized carbons (Fsp3) is 0.538. The van der Waals surface area contributed by atoms with Crippen molar-refractivity contribution in [2.24, 2.45) is 5.92 Å². The Morgan fingerprint density at radius 1 is 1.29 bits per heavy atom. The second kappa shape index (κ2) is 6.08. The second-order valence-electron chi connectivity index (χ2n) is 5.23. The van der Waals surface area contributed by atoms with E-state index in [0.29, 0.717) is 25.9 Å². The normalized spacial score (nSPS) is 19.3. The van der Waals surface area contributed by atoms with Crippen LogP contribution in [0.5, 0.6) is 0 Å². The Kier molecular flexibility index (Phi) is 4.60. The van der Waals surface area contributed by atoms with Gasteiger partial charge in [0, 0.05) is 25.2 Å². The molecule has 0 amide bonds. The van der Waals surface area contributed by atoms with Gasteiger partial charge in [-0.3, -0.25) is 10.1 Å². The molecule has 1 fully saturated rings. The lowest BCUT2D eigenvalue weighted by atomic mass is 9.93. The maximum absolute atomic E-state index is 12.4. The highest BCUT2D eigenvalue weighted by molar-refractivity contribution is 7.89. The third-order valence-electron chi connectivity index (χ3n) is 3.87. The zero-order chi connectivity index (χ0) is 15.6. The van der Waals surface area contributed by atoms with Crippen molar-refractivity contribution in [1.82, 2.24) is 4.31 Å². The van der Waals surface area contributed by atoms with Crippen LogP contribution in [0.2, 0.25) is 0 Å². The van der Waals surface area contributed by atoms with E-state index in [1.807, 2.05) is 0 Å². The van der Waals surface area contributed by atoms with Crippen molar-refractivity contribution in [3.05, 3.63) is 34.4 Å². The smallest absolute Gasteiger partial charge is 0.269 e. The van der Waals surface area contributed by atoms with Crippen LogP contribution < -0.4 is 0 Å². The van der Waals surface area contributed by atoms with E-state index in [4.69, 9.17) is 0 Å². The van der Waals surface area contributed by atoms with Gasteiger partial charge in [0.1, 0.15) is 0 Å². The first-order valence-corrected chi connectivity index (χ1v) is 8.19. The van der Waals surface area contributed by atoms with E-state index in [1.54, 1.807) is 6.92 Å². The highest BCUT2D eigenvalue weighted by Crippen LogP contribution is 2.26. The quantitative estimate of drug-likeness (QED) is 0.668. The minimum Gasteiger partial charge on any atom is -0.393 e. The Bertz CT molecular complexity index is 604. The number of hydrogen-bond acceptors (Lipinski definition) is 5. The van der Waals surface area contributed by atoms with Crippen LogP contribution in [0, 0.1) is 16.0 Å². The number of nitro benzene ring substituents is 1. The molecule has 1 aromatic rings. The third kappa shape index (κ3) is 3.39. The molecule has 116 valence electrons. The third-order valence-corrected chi connectivity index (χ3v) is 5.78. The summed E-state index contributed by atoms with van der Waals surface area (Å²) < 4.78 is 26.2. The summed E-state index contributed by atoms with van der Waals surface area (Å²) in [6.45, 7) is 2.43. The molecule has 0 bridgehead atoms. The van der Waals surface area contributed by atoms with Gasteiger partial charge < -0.3 is 5.11 Å². The fourth-order valence-corrected chi connectivity index (χ4v) is 3.96. The van der Waals surface area contributed by atoms with Crippen molar-refractivity contribution < 1.29 is 18.4 Å². The second-order valence-corrected chi connectivity index (χ2v) is 7.17. The summed E-state index contributed by atoms with van der Waals surface area (Å²) in [5, 5.41) is 20.1. The molecular weight excluding hydrogens is 296 g/mol. The van der Waals surface area contributed by atoms with Crippen molar-refractivity contribution in [3.8, 4) is 0 Å². The maximum Gasteiger partial charge on any atom is 0.269 e. The topological polar surface area (TPSA) is 101 Å². The maximum atomic E-state index is 12.4. The highest BCUT2D eigenvalue weighted by atomic mass is 32.2. The lowest BCUT2D eigenvalue weighted by molar-refractivity contribution is -0.384. The van der Waals surface area contributed by atoms with Gasteiger partial charge in [0.15, 0.2) is 0 Å². The first-order valence-electron chi connectivity index (χ1n) is 6.75. The Morgan fingerprint density at radius 2 is 1.81 bits per heavy atom. The number of aliphatic hydroxyl groups excluding tert-OH is 1. The fourth-order valence-electron chi connectivity index (χ4n) is 2.49. The number of non-ortho nitro benzene ring substituents is 1. The van der Waals surface area contributed by atoms with Gasteiger partial charge in [0.25, 0.3) is 5.69 Å². The van der Waals surface area contributed by atoms with Gasteiger partial charge in [-0.15, -0.1) is 0 Å². The minimum absolute atomic E-state index is 0.0589. The number of benzene rings is 1. The summed E-state index contributed by atoms with van der Waals surface area (Å²) in [5.74, 6) is 0.119. The first kappa shape index (κ1) is 15.9. The summed E-state index contributed by atoms with van der Waals surface area (Å²) in [5.41, 5.74) is -0.137. The Morgan fingerprint density at radius 3 is 2.24 bits per heavy atom. The summed E-state index contributed by atoms with van der Waals surface area (Å²) >= 11 is 0. The van der Waals surface area contributed by atoms with Crippen LogP contribution in [0.4, 0.5) is 5.69 Å². The van der Waals surface area contributed by atoms with Crippen molar-refractivity contribution >= 4 is 15.7 Å². The van der Waals surface area contributed by atoms with Crippen LogP contribution >= 0.6 is 0 Å². The van der Waals surface area contributed by atoms with E-state index in [2.05, 4.69) is 0 Å². The van der Waals surface area contributed by atoms with E-state index in [1.165, 1.54) is 28.6 Å². The van der Waals surface area contributed by atoms with Crippen molar-refractivity contribution in [2.75, 3.05) is 13.1 Å². The van der Waals surface area contributed by atoms with Gasteiger partial charge >= 0.3 is 0 Å². The van der Waals surface area contributed by atoms with Gasteiger partial charge in [0.2, 0.25) is 10.0 Å². The number of aliphatic hydroxyl groups is 1. The molecular formula is C13H18N2O5S. The summed E-state index contributed by atoms with van der Waals surface area (Å²) in [7, 11) is -3.62. The molecule has 1 aromatic carbocycles. The zero-order valence-electron chi connectivity index (χ0n) is 11.7. The van der Waals surface area contributed by atoms with Crippen LogP contribution in [-0.2, 0) is 10.0 Å². The van der Waals surface area contributed by atoms with Crippen LogP contribution in [0.1, 0.15) is 19.8 Å². The molecule has 8 heteroatoms. The van der Waals surface area contributed by atoms with E-state index in [-0.39, 0.29) is 16.5 Å². The van der Waals surface area contributed by atoms with E-state index < -0.39 is 21.1 Å². The van der Waals surface area contributed by atoms with E-state index in [9.17, 15) is 23.6 Å². The van der Waals surface area contributed by atoms with Gasteiger partial charge in [-0.25, -0.2) is 8.42 Å². The molecule has 0 saturated carbocycles. The lowest BCUT2D eigenvalue weighted by Gasteiger charge is -2.32. The van der Waals surface area contributed by atoms with Crippen LogP contribution in [0.3, 0.4) is 0 Å². The van der Waals surface area contributed by atoms with Crippen LogP contribution in [0.25, 0.3) is 0 Å². The van der Waals surface area contributed by atoms with Crippen molar-refractivity contribution in [2.45, 2.75) is 30.8 Å². The summed E-state index contributed by atoms with van der Waals surface area (Å²) in [6.07, 6.45) is 0.794. The predicted octanol–water partition coefficient (Wildman–Crippen LogP) is 1.38. The van der Waals surface area contributed by atoms with E-state index in [0.717, 1.165) is 0 Å². The largest absolute Gasteiger partial charge is 0.393 e. The molecule has 0 radical (unpaired) electrons. The van der Waals surface area contributed by atoms with Gasteiger partial charge in [0.05, 0.1) is 15.9 Å². The van der Waals surface area contributed by atoms with E-state index >= 15 is 0 Å². The van der Waals surface area contributed by atoms with Crippen molar-refractivity contribution in [1.29, 1.82) is 0 Å². The molecule has 1 saturated heterocycles. The number of rotatable bonds is 4. The molecule has 2 rings (SSSR count). The average molecular weight is 314 g/mol. The number of piperidine rings is 1. The van der Waals surface area contributed by atoms with Crippen LogP contribution in [0.15, 0.2) is 29.2 Å². The van der Waals surface area contributed by atoms with Gasteiger partial charge in [-0.2, -0.15) is 4.31 Å². The number of hydrogen-bond donors (Lipinski definition) is 1. The molecule has 0 aliphatic carbocycles. The minimum atomic E-state index is -3.62. The predicted molar refractivity (Wildman–Crippen MR) is 76.3 cm³/mol. The summed E-state index contributed by atoms with van der Waals surface area (Å²) in [4.78, 5) is 10.1. The first-order chi connectivity index (χ1) is 9.82. The monoisotopic (exact) mass is 314 g/mol. The van der Waals surface area contributed by atoms with Gasteiger partial charge in [-0.05, 0) is 37.8 Å². The SMILES string of the molecule is CC(O)C1CCN(S(=O)(=O)c2ccc([N+](=O)[O-])cc2)CC1. The molecule has 7 nitrogen and oxygen atoms in total. The Hall–Kier alpha value is -1.51. The molecule has 0 aromatic heterocycles. The molecule has 1 unspecified atom stereocenters. The number of nitrogens with zero attached hydrogens (tertiary/aromatic N) is 2. The van der Waals surface area contributed by atoms with Crippen LogP contribution in [-0.4, -0.2) is 41.9 Å². The Labute approximate surface area is 123 Å². The zero-order valence-corrected chi connectivity index (χ0v) is 12.5. The average Bonchev–Trinajstić information content (AvgIpc) is 2.47. The Balaban J connectivity index is 2.13. The summed E-state index contributed by atoms with van der Waals surface area (Å²) in [6, 6.07) is 4.90. The highest BCUT2D eigenvalue weighted by Gasteiger charge is 2.31.